The highest BCUT2D eigenvalue weighted by Crippen LogP contribution is 2.45. The van der Waals surface area contributed by atoms with Crippen LogP contribution in [0.5, 0.6) is 0 Å². The maximum atomic E-state index is 13.7. The Morgan fingerprint density at radius 2 is 1.71 bits per heavy atom. The minimum absolute atomic E-state index is 0.0474. The number of thiophene rings is 1. The highest BCUT2D eigenvalue weighted by molar-refractivity contribution is 7.17. The predicted molar refractivity (Wildman–Crippen MR) is 136 cm³/mol. The number of aryl methyl sites for hydroxylation is 1. The molecule has 1 saturated heterocycles. The van der Waals surface area contributed by atoms with Crippen molar-refractivity contribution in [2.75, 3.05) is 18.4 Å². The van der Waals surface area contributed by atoms with Gasteiger partial charge in [-0.3, -0.25) is 14.4 Å². The lowest BCUT2D eigenvalue weighted by molar-refractivity contribution is -0.123. The summed E-state index contributed by atoms with van der Waals surface area (Å²) in [5.74, 6) is -0.178. The van der Waals surface area contributed by atoms with Gasteiger partial charge in [0.05, 0.1) is 5.56 Å². The third-order valence-corrected chi connectivity index (χ3v) is 8.60. The summed E-state index contributed by atoms with van der Waals surface area (Å²) in [6.07, 6.45) is 3.97. The van der Waals surface area contributed by atoms with Gasteiger partial charge in [0.2, 0.25) is 5.91 Å². The van der Waals surface area contributed by atoms with Gasteiger partial charge in [-0.1, -0.05) is 38.5 Å². The van der Waals surface area contributed by atoms with E-state index in [0.29, 0.717) is 48.0 Å². The SMILES string of the molecule is Cc1ccc(C(=O)Nc2sc3c(c2C(=O)N2CCC(C(N)=O)CC2)CC[C@H](C(C)(C)C)C3)cc1. The number of nitrogens with zero attached hydrogens (tertiary/aromatic N) is 1. The van der Waals surface area contributed by atoms with Gasteiger partial charge in [0.25, 0.3) is 11.8 Å². The Labute approximate surface area is 205 Å². The average Bonchev–Trinajstić information content (AvgIpc) is 3.15. The largest absolute Gasteiger partial charge is 0.369 e. The molecule has 3 N–H and O–H groups in total. The molecular formula is C27H35N3O3S. The summed E-state index contributed by atoms with van der Waals surface area (Å²) >= 11 is 1.55. The highest BCUT2D eigenvalue weighted by Gasteiger charge is 2.36. The van der Waals surface area contributed by atoms with Crippen LogP contribution < -0.4 is 11.1 Å². The summed E-state index contributed by atoms with van der Waals surface area (Å²) in [7, 11) is 0. The molecule has 0 spiro atoms. The molecule has 7 heteroatoms. The van der Waals surface area contributed by atoms with Gasteiger partial charge in [-0.25, -0.2) is 0 Å². The van der Waals surface area contributed by atoms with Crippen LogP contribution in [0, 0.1) is 24.2 Å². The fourth-order valence-corrected chi connectivity index (χ4v) is 6.36. The fourth-order valence-electron chi connectivity index (χ4n) is 5.04. The molecule has 4 rings (SSSR count). The van der Waals surface area contributed by atoms with Crippen LogP contribution in [0.4, 0.5) is 5.00 Å². The number of amides is 3. The first-order valence-electron chi connectivity index (χ1n) is 12.2. The summed E-state index contributed by atoms with van der Waals surface area (Å²) < 4.78 is 0. The van der Waals surface area contributed by atoms with Crippen molar-refractivity contribution < 1.29 is 14.4 Å². The van der Waals surface area contributed by atoms with Gasteiger partial charge in [0.1, 0.15) is 5.00 Å². The first-order valence-corrected chi connectivity index (χ1v) is 13.0. The second-order valence-electron chi connectivity index (χ2n) is 10.8. The topological polar surface area (TPSA) is 92.5 Å². The second kappa shape index (κ2) is 9.53. The lowest BCUT2D eigenvalue weighted by Gasteiger charge is -2.34. The molecule has 34 heavy (non-hydrogen) atoms. The molecule has 1 aliphatic carbocycles. The average molecular weight is 482 g/mol. The van der Waals surface area contributed by atoms with Crippen LogP contribution in [0.25, 0.3) is 0 Å². The third-order valence-electron chi connectivity index (χ3n) is 7.43. The molecule has 1 aliphatic heterocycles. The molecule has 2 aliphatic rings. The highest BCUT2D eigenvalue weighted by atomic mass is 32.1. The molecule has 6 nitrogen and oxygen atoms in total. The maximum Gasteiger partial charge on any atom is 0.257 e. The van der Waals surface area contributed by atoms with Crippen LogP contribution in [0.1, 0.15) is 76.8 Å². The number of primary amides is 1. The molecule has 182 valence electrons. The standard InChI is InChI=1S/C27H35N3O3S/c1-16-5-7-18(8-6-16)24(32)29-25-22(26(33)30-13-11-17(12-14-30)23(28)31)20-10-9-19(27(2,3)4)15-21(20)34-25/h5-8,17,19H,9-15H2,1-4H3,(H2,28,31)(H,29,32)/t19-/m0/s1. The number of benzene rings is 1. The zero-order valence-corrected chi connectivity index (χ0v) is 21.4. The van der Waals surface area contributed by atoms with Gasteiger partial charge in [-0.2, -0.15) is 0 Å². The van der Waals surface area contributed by atoms with Crippen molar-refractivity contribution in [3.63, 3.8) is 0 Å². The van der Waals surface area contributed by atoms with E-state index < -0.39 is 0 Å². The quantitative estimate of drug-likeness (QED) is 0.657. The van der Waals surface area contributed by atoms with E-state index in [1.165, 1.54) is 4.88 Å². The summed E-state index contributed by atoms with van der Waals surface area (Å²) in [6.45, 7) is 9.81. The minimum Gasteiger partial charge on any atom is -0.369 e. The number of hydrogen-bond acceptors (Lipinski definition) is 4. The number of nitrogens with one attached hydrogen (secondary N) is 1. The van der Waals surface area contributed by atoms with Crippen molar-refractivity contribution in [1.29, 1.82) is 0 Å². The first-order chi connectivity index (χ1) is 16.0. The Bertz CT molecular complexity index is 1090. The molecule has 0 unspecified atom stereocenters. The molecule has 1 atom stereocenters. The summed E-state index contributed by atoms with van der Waals surface area (Å²) in [5, 5.41) is 3.71. The van der Waals surface area contributed by atoms with Crippen molar-refractivity contribution in [2.45, 2.75) is 59.8 Å². The Hall–Kier alpha value is -2.67. The Morgan fingerprint density at radius 1 is 1.06 bits per heavy atom. The fraction of sp³-hybridized carbons (Fsp3) is 0.519. The number of rotatable bonds is 4. The third kappa shape index (κ3) is 5.04. The van der Waals surface area contributed by atoms with Crippen molar-refractivity contribution >= 4 is 34.1 Å². The zero-order valence-electron chi connectivity index (χ0n) is 20.6. The van der Waals surface area contributed by atoms with Crippen LogP contribution in [0.2, 0.25) is 0 Å². The van der Waals surface area contributed by atoms with E-state index in [2.05, 4.69) is 26.1 Å². The van der Waals surface area contributed by atoms with E-state index in [0.717, 1.165) is 30.4 Å². The van der Waals surface area contributed by atoms with Crippen LogP contribution in [-0.2, 0) is 17.6 Å². The van der Waals surface area contributed by atoms with Crippen LogP contribution in [0.15, 0.2) is 24.3 Å². The number of hydrogen-bond donors (Lipinski definition) is 2. The number of carbonyl (C=O) groups excluding carboxylic acids is 3. The number of piperidine rings is 1. The van der Waals surface area contributed by atoms with Crippen molar-refractivity contribution in [3.05, 3.63) is 51.4 Å². The lowest BCUT2D eigenvalue weighted by Crippen LogP contribution is -2.42. The van der Waals surface area contributed by atoms with E-state index in [1.54, 1.807) is 11.3 Å². The molecule has 1 aromatic carbocycles. The van der Waals surface area contributed by atoms with Gasteiger partial charge in [0.15, 0.2) is 0 Å². The Morgan fingerprint density at radius 3 is 2.29 bits per heavy atom. The normalized spacial score (nSPS) is 18.9. The number of fused-ring (bicyclic) bond motifs is 1. The van der Waals surface area contributed by atoms with Crippen molar-refractivity contribution in [3.8, 4) is 0 Å². The van der Waals surface area contributed by atoms with E-state index in [-0.39, 0.29) is 29.1 Å². The smallest absolute Gasteiger partial charge is 0.257 e. The zero-order chi connectivity index (χ0) is 24.6. The van der Waals surface area contributed by atoms with E-state index in [1.807, 2.05) is 36.1 Å². The summed E-state index contributed by atoms with van der Waals surface area (Å²) in [4.78, 5) is 41.4. The number of nitrogens with two attached hydrogens (primary N) is 1. The summed E-state index contributed by atoms with van der Waals surface area (Å²) in [6, 6.07) is 7.45. The molecule has 2 aromatic rings. The Balaban J connectivity index is 1.64. The first kappa shape index (κ1) is 24.5. The van der Waals surface area contributed by atoms with E-state index >= 15 is 0 Å². The minimum atomic E-state index is -0.292. The number of likely N-dealkylation sites (tertiary alicyclic amines) is 1. The Kier molecular flexibility index (Phi) is 6.85. The molecule has 0 saturated carbocycles. The van der Waals surface area contributed by atoms with Crippen LogP contribution in [-0.4, -0.2) is 35.7 Å². The van der Waals surface area contributed by atoms with Crippen LogP contribution >= 0.6 is 11.3 Å². The molecule has 1 fully saturated rings. The van der Waals surface area contributed by atoms with Crippen molar-refractivity contribution in [1.82, 2.24) is 4.90 Å². The molecule has 3 amide bonds. The predicted octanol–water partition coefficient (Wildman–Crippen LogP) is 4.80. The van der Waals surface area contributed by atoms with E-state index in [9.17, 15) is 14.4 Å². The molecular weight excluding hydrogens is 446 g/mol. The maximum absolute atomic E-state index is 13.7. The summed E-state index contributed by atoms with van der Waals surface area (Å²) in [5.41, 5.74) is 9.06. The molecule has 0 radical (unpaired) electrons. The number of anilines is 1. The van der Waals surface area contributed by atoms with E-state index in [4.69, 9.17) is 5.73 Å². The van der Waals surface area contributed by atoms with Crippen molar-refractivity contribution in [2.24, 2.45) is 23.0 Å². The van der Waals surface area contributed by atoms with Gasteiger partial charge in [0, 0.05) is 29.4 Å². The van der Waals surface area contributed by atoms with Gasteiger partial charge < -0.3 is 16.0 Å². The molecule has 2 heterocycles. The molecule has 1 aromatic heterocycles. The lowest BCUT2D eigenvalue weighted by atomic mass is 9.72. The van der Waals surface area contributed by atoms with Gasteiger partial charge in [-0.05, 0) is 68.1 Å². The van der Waals surface area contributed by atoms with Crippen LogP contribution in [0.3, 0.4) is 0 Å². The monoisotopic (exact) mass is 481 g/mol. The second-order valence-corrected chi connectivity index (χ2v) is 11.9. The number of carbonyl (C=O) groups is 3. The molecule has 0 bridgehead atoms. The van der Waals surface area contributed by atoms with Gasteiger partial charge in [-0.15, -0.1) is 11.3 Å². The van der Waals surface area contributed by atoms with Gasteiger partial charge >= 0.3 is 0 Å².